The predicted octanol–water partition coefficient (Wildman–Crippen LogP) is -0.907. The third-order valence-electron chi connectivity index (χ3n) is 2.76. The SMILES string of the molecule is CCS(=O)(=O)CCNS(=O)(=O)CC1CCCN1. The Morgan fingerprint density at radius 1 is 1.29 bits per heavy atom. The van der Waals surface area contributed by atoms with E-state index in [1.807, 2.05) is 0 Å². The van der Waals surface area contributed by atoms with Gasteiger partial charge in [-0.15, -0.1) is 0 Å². The minimum absolute atomic E-state index is 0.00437. The molecular formula is C9H20N2O4S2. The van der Waals surface area contributed by atoms with Gasteiger partial charge < -0.3 is 5.32 Å². The summed E-state index contributed by atoms with van der Waals surface area (Å²) in [4.78, 5) is 0. The Labute approximate surface area is 103 Å². The molecular weight excluding hydrogens is 264 g/mol. The monoisotopic (exact) mass is 284 g/mol. The van der Waals surface area contributed by atoms with Gasteiger partial charge in [0.1, 0.15) is 0 Å². The van der Waals surface area contributed by atoms with Crippen molar-refractivity contribution in [2.24, 2.45) is 0 Å². The molecule has 0 spiro atoms. The fourth-order valence-electron chi connectivity index (χ4n) is 1.72. The molecule has 0 aromatic rings. The van der Waals surface area contributed by atoms with Gasteiger partial charge in [-0.2, -0.15) is 0 Å². The summed E-state index contributed by atoms with van der Waals surface area (Å²) in [5, 5.41) is 3.09. The molecule has 1 rings (SSSR count). The van der Waals surface area contributed by atoms with Crippen LogP contribution < -0.4 is 10.0 Å². The van der Waals surface area contributed by atoms with Crippen molar-refractivity contribution in [3.8, 4) is 0 Å². The van der Waals surface area contributed by atoms with Gasteiger partial charge >= 0.3 is 0 Å². The quantitative estimate of drug-likeness (QED) is 0.631. The van der Waals surface area contributed by atoms with E-state index >= 15 is 0 Å². The molecule has 0 aromatic carbocycles. The smallest absolute Gasteiger partial charge is 0.213 e. The molecule has 2 N–H and O–H groups in total. The second-order valence-corrected chi connectivity index (χ2v) is 8.53. The molecule has 0 aliphatic carbocycles. The van der Waals surface area contributed by atoms with E-state index in [4.69, 9.17) is 0 Å². The van der Waals surface area contributed by atoms with Crippen LogP contribution in [-0.2, 0) is 19.9 Å². The number of sulfone groups is 1. The molecule has 0 aromatic heterocycles. The van der Waals surface area contributed by atoms with E-state index in [2.05, 4.69) is 10.0 Å². The summed E-state index contributed by atoms with van der Waals surface area (Å²) in [7, 11) is -6.48. The third-order valence-corrected chi connectivity index (χ3v) is 5.95. The van der Waals surface area contributed by atoms with Crippen LogP contribution in [0.4, 0.5) is 0 Å². The summed E-state index contributed by atoms with van der Waals surface area (Å²) < 4.78 is 47.9. The van der Waals surface area contributed by atoms with E-state index in [1.54, 1.807) is 6.92 Å². The van der Waals surface area contributed by atoms with Crippen molar-refractivity contribution in [3.05, 3.63) is 0 Å². The van der Waals surface area contributed by atoms with Crippen molar-refractivity contribution in [2.75, 3.05) is 30.3 Å². The van der Waals surface area contributed by atoms with Gasteiger partial charge in [0.15, 0.2) is 9.84 Å². The zero-order valence-corrected chi connectivity index (χ0v) is 11.6. The Kier molecular flexibility index (Phi) is 5.36. The van der Waals surface area contributed by atoms with E-state index in [9.17, 15) is 16.8 Å². The van der Waals surface area contributed by atoms with Gasteiger partial charge in [0, 0.05) is 18.3 Å². The Balaban J connectivity index is 2.34. The summed E-state index contributed by atoms with van der Waals surface area (Å²) in [6.45, 7) is 2.36. The Hall–Kier alpha value is -0.180. The second-order valence-electron chi connectivity index (χ2n) is 4.21. The Bertz CT molecular complexity index is 424. The Morgan fingerprint density at radius 2 is 2.00 bits per heavy atom. The molecule has 6 nitrogen and oxygen atoms in total. The molecule has 17 heavy (non-hydrogen) atoms. The van der Waals surface area contributed by atoms with Crippen LogP contribution in [0, 0.1) is 0 Å². The number of nitrogens with one attached hydrogen (secondary N) is 2. The van der Waals surface area contributed by atoms with E-state index in [0.717, 1.165) is 19.4 Å². The van der Waals surface area contributed by atoms with Crippen LogP contribution in [0.3, 0.4) is 0 Å². The number of hydrogen-bond donors (Lipinski definition) is 2. The molecule has 1 aliphatic rings. The fourth-order valence-corrected chi connectivity index (χ4v) is 3.90. The van der Waals surface area contributed by atoms with Crippen molar-refractivity contribution >= 4 is 19.9 Å². The molecule has 8 heteroatoms. The highest BCUT2D eigenvalue weighted by atomic mass is 32.2. The van der Waals surface area contributed by atoms with Gasteiger partial charge in [0.25, 0.3) is 0 Å². The van der Waals surface area contributed by atoms with Gasteiger partial charge in [0.05, 0.1) is 11.5 Å². The van der Waals surface area contributed by atoms with Crippen LogP contribution in [-0.4, -0.2) is 53.2 Å². The molecule has 0 bridgehead atoms. The number of sulfonamides is 1. The van der Waals surface area contributed by atoms with Crippen molar-refractivity contribution < 1.29 is 16.8 Å². The summed E-state index contributed by atoms with van der Waals surface area (Å²) in [6.07, 6.45) is 1.85. The van der Waals surface area contributed by atoms with Crippen molar-refractivity contribution in [1.29, 1.82) is 0 Å². The maximum absolute atomic E-state index is 11.6. The van der Waals surface area contributed by atoms with Gasteiger partial charge in [-0.1, -0.05) is 6.92 Å². The van der Waals surface area contributed by atoms with Crippen LogP contribution in [0.5, 0.6) is 0 Å². The fraction of sp³-hybridized carbons (Fsp3) is 1.00. The zero-order valence-electron chi connectivity index (χ0n) is 9.98. The molecule has 102 valence electrons. The first kappa shape index (κ1) is 14.9. The molecule has 1 unspecified atom stereocenters. The lowest BCUT2D eigenvalue weighted by Gasteiger charge is -2.11. The van der Waals surface area contributed by atoms with Gasteiger partial charge in [-0.3, -0.25) is 0 Å². The summed E-state index contributed by atoms with van der Waals surface area (Å²) >= 11 is 0. The lowest BCUT2D eigenvalue weighted by Crippen LogP contribution is -2.38. The molecule has 1 saturated heterocycles. The first-order chi connectivity index (χ1) is 7.85. The highest BCUT2D eigenvalue weighted by Gasteiger charge is 2.22. The molecule has 0 amide bonds. The highest BCUT2D eigenvalue weighted by Crippen LogP contribution is 2.06. The maximum Gasteiger partial charge on any atom is 0.213 e. The van der Waals surface area contributed by atoms with Crippen molar-refractivity contribution in [2.45, 2.75) is 25.8 Å². The lowest BCUT2D eigenvalue weighted by molar-refractivity contribution is 0.565. The summed E-state index contributed by atoms with van der Waals surface area (Å²) in [6, 6.07) is -0.00437. The van der Waals surface area contributed by atoms with E-state index in [-0.39, 0.29) is 29.8 Å². The van der Waals surface area contributed by atoms with Crippen molar-refractivity contribution in [1.82, 2.24) is 10.0 Å². The summed E-state index contributed by atoms with van der Waals surface area (Å²) in [5.41, 5.74) is 0. The molecule has 0 radical (unpaired) electrons. The van der Waals surface area contributed by atoms with Gasteiger partial charge in [-0.05, 0) is 19.4 Å². The van der Waals surface area contributed by atoms with E-state index in [1.165, 1.54) is 0 Å². The third kappa shape index (κ3) is 5.80. The van der Waals surface area contributed by atoms with Crippen LogP contribution in [0.1, 0.15) is 19.8 Å². The molecule has 1 atom stereocenters. The van der Waals surface area contributed by atoms with Crippen LogP contribution >= 0.6 is 0 Å². The molecule has 1 aliphatic heterocycles. The van der Waals surface area contributed by atoms with Gasteiger partial charge in [0.2, 0.25) is 10.0 Å². The predicted molar refractivity (Wildman–Crippen MR) is 67.1 cm³/mol. The van der Waals surface area contributed by atoms with Gasteiger partial charge in [-0.25, -0.2) is 21.6 Å². The first-order valence-corrected chi connectivity index (χ1v) is 9.23. The van der Waals surface area contributed by atoms with Crippen LogP contribution in [0.15, 0.2) is 0 Å². The minimum Gasteiger partial charge on any atom is -0.313 e. The average molecular weight is 284 g/mol. The normalized spacial score (nSPS) is 21.8. The second kappa shape index (κ2) is 6.12. The Morgan fingerprint density at radius 3 is 2.53 bits per heavy atom. The van der Waals surface area contributed by atoms with Crippen LogP contribution in [0.25, 0.3) is 0 Å². The highest BCUT2D eigenvalue weighted by molar-refractivity contribution is 7.91. The standard InChI is InChI=1S/C9H20N2O4S2/c1-2-16(12,13)7-6-11-17(14,15)8-9-4-3-5-10-9/h9-11H,2-8H2,1H3. The molecule has 1 fully saturated rings. The number of rotatable bonds is 7. The van der Waals surface area contributed by atoms with Crippen LogP contribution in [0.2, 0.25) is 0 Å². The molecule has 0 saturated carbocycles. The molecule has 1 heterocycles. The largest absolute Gasteiger partial charge is 0.313 e. The van der Waals surface area contributed by atoms with E-state index in [0.29, 0.717) is 0 Å². The van der Waals surface area contributed by atoms with E-state index < -0.39 is 19.9 Å². The zero-order chi connectivity index (χ0) is 12.9. The average Bonchev–Trinajstić information content (AvgIpc) is 2.69. The summed E-state index contributed by atoms with van der Waals surface area (Å²) in [5.74, 6) is -0.0705. The first-order valence-electron chi connectivity index (χ1n) is 5.76. The lowest BCUT2D eigenvalue weighted by atomic mass is 10.3. The minimum atomic E-state index is -3.37. The topological polar surface area (TPSA) is 92.3 Å². The van der Waals surface area contributed by atoms with Crippen molar-refractivity contribution in [3.63, 3.8) is 0 Å². The maximum atomic E-state index is 11.6. The number of hydrogen-bond acceptors (Lipinski definition) is 5.